The predicted molar refractivity (Wildman–Crippen MR) is 65.1 cm³/mol. The fourth-order valence-corrected chi connectivity index (χ4v) is 1.73. The van der Waals surface area contributed by atoms with E-state index in [1.54, 1.807) is 16.7 Å². The summed E-state index contributed by atoms with van der Waals surface area (Å²) in [6, 6.07) is 11.2. The summed E-state index contributed by atoms with van der Waals surface area (Å²) in [5.74, 6) is 4.80. The first-order valence-corrected chi connectivity index (χ1v) is 5.46. The summed E-state index contributed by atoms with van der Waals surface area (Å²) < 4.78 is 2.77. The van der Waals surface area contributed by atoms with Crippen LogP contribution in [0, 0.1) is 0 Å². The van der Waals surface area contributed by atoms with Crippen molar-refractivity contribution >= 4 is 21.8 Å². The van der Waals surface area contributed by atoms with E-state index < -0.39 is 0 Å². The fourth-order valence-electron chi connectivity index (χ4n) is 1.47. The lowest BCUT2D eigenvalue weighted by Crippen LogP contribution is -2.31. The van der Waals surface area contributed by atoms with E-state index in [4.69, 9.17) is 5.84 Å². The standard InChI is InChI=1S/C11H10BrN3O/c12-8-3-5-9(6-4-8)15-7-1-2-10(15)11(16)14-13/h1-7H,13H2,(H,14,16). The SMILES string of the molecule is NNC(=O)c1cccn1-c1ccc(Br)cc1. The first-order chi connectivity index (χ1) is 7.72. The Morgan fingerprint density at radius 1 is 1.25 bits per heavy atom. The molecule has 0 radical (unpaired) electrons. The molecule has 2 aromatic rings. The number of aromatic nitrogens is 1. The van der Waals surface area contributed by atoms with Crippen molar-refractivity contribution in [2.24, 2.45) is 5.84 Å². The lowest BCUT2D eigenvalue weighted by atomic mass is 10.3. The molecule has 0 aliphatic heterocycles. The number of nitrogens with zero attached hydrogens (tertiary/aromatic N) is 1. The van der Waals surface area contributed by atoms with Crippen LogP contribution in [-0.2, 0) is 0 Å². The molecule has 0 aliphatic rings. The molecule has 0 fully saturated rings. The van der Waals surface area contributed by atoms with E-state index in [2.05, 4.69) is 21.4 Å². The minimum atomic E-state index is -0.312. The maximum absolute atomic E-state index is 11.5. The molecule has 1 aromatic heterocycles. The third-order valence-electron chi connectivity index (χ3n) is 2.22. The lowest BCUT2D eigenvalue weighted by Gasteiger charge is -2.07. The van der Waals surface area contributed by atoms with Gasteiger partial charge in [0, 0.05) is 16.4 Å². The largest absolute Gasteiger partial charge is 0.312 e. The monoisotopic (exact) mass is 279 g/mol. The van der Waals surface area contributed by atoms with Gasteiger partial charge in [-0.1, -0.05) is 15.9 Å². The van der Waals surface area contributed by atoms with Gasteiger partial charge in [0.25, 0.3) is 5.91 Å². The van der Waals surface area contributed by atoms with Crippen molar-refractivity contribution in [3.05, 3.63) is 52.8 Å². The van der Waals surface area contributed by atoms with Crippen molar-refractivity contribution < 1.29 is 4.79 Å². The summed E-state index contributed by atoms with van der Waals surface area (Å²) in [6.07, 6.45) is 1.81. The summed E-state index contributed by atoms with van der Waals surface area (Å²) in [5, 5.41) is 0. The van der Waals surface area contributed by atoms with Gasteiger partial charge < -0.3 is 4.57 Å². The third-order valence-corrected chi connectivity index (χ3v) is 2.75. The van der Waals surface area contributed by atoms with Crippen LogP contribution in [0.15, 0.2) is 47.1 Å². The summed E-state index contributed by atoms with van der Waals surface area (Å²) in [4.78, 5) is 11.5. The first-order valence-electron chi connectivity index (χ1n) is 4.66. The minimum absolute atomic E-state index is 0.312. The van der Waals surface area contributed by atoms with Crippen LogP contribution in [0.5, 0.6) is 0 Å². The highest BCUT2D eigenvalue weighted by Gasteiger charge is 2.09. The zero-order chi connectivity index (χ0) is 11.5. The van der Waals surface area contributed by atoms with Crippen LogP contribution in [0.25, 0.3) is 5.69 Å². The summed E-state index contributed by atoms with van der Waals surface area (Å²) in [7, 11) is 0. The number of nitrogen functional groups attached to an aromatic ring is 1. The van der Waals surface area contributed by atoms with E-state index in [1.165, 1.54) is 0 Å². The maximum Gasteiger partial charge on any atom is 0.282 e. The highest BCUT2D eigenvalue weighted by atomic mass is 79.9. The second-order valence-electron chi connectivity index (χ2n) is 3.21. The highest BCUT2D eigenvalue weighted by Crippen LogP contribution is 2.16. The highest BCUT2D eigenvalue weighted by molar-refractivity contribution is 9.10. The van der Waals surface area contributed by atoms with E-state index in [-0.39, 0.29) is 5.91 Å². The van der Waals surface area contributed by atoms with Gasteiger partial charge >= 0.3 is 0 Å². The molecule has 0 unspecified atom stereocenters. The molecule has 82 valence electrons. The molecule has 3 N–H and O–H groups in total. The number of halogens is 1. The van der Waals surface area contributed by atoms with Crippen molar-refractivity contribution in [2.75, 3.05) is 0 Å². The Labute approximate surface area is 101 Å². The Morgan fingerprint density at radius 2 is 1.94 bits per heavy atom. The minimum Gasteiger partial charge on any atom is -0.312 e. The number of nitrogens with one attached hydrogen (secondary N) is 1. The first kappa shape index (κ1) is 10.9. The molecule has 1 aromatic carbocycles. The van der Waals surface area contributed by atoms with Crippen LogP contribution < -0.4 is 11.3 Å². The van der Waals surface area contributed by atoms with E-state index in [1.807, 2.05) is 30.5 Å². The Morgan fingerprint density at radius 3 is 2.56 bits per heavy atom. The van der Waals surface area contributed by atoms with E-state index in [0.29, 0.717) is 5.69 Å². The molecule has 4 nitrogen and oxygen atoms in total. The number of carbonyl (C=O) groups is 1. The molecule has 2 rings (SSSR count). The van der Waals surface area contributed by atoms with Crippen molar-refractivity contribution in [1.29, 1.82) is 0 Å². The number of hydrogen-bond acceptors (Lipinski definition) is 2. The second-order valence-corrected chi connectivity index (χ2v) is 4.13. The van der Waals surface area contributed by atoms with Gasteiger partial charge in [0.05, 0.1) is 0 Å². The average molecular weight is 280 g/mol. The van der Waals surface area contributed by atoms with Gasteiger partial charge in [-0.3, -0.25) is 10.2 Å². The Bertz CT molecular complexity index is 504. The summed E-state index contributed by atoms with van der Waals surface area (Å²) in [6.45, 7) is 0. The van der Waals surface area contributed by atoms with Crippen LogP contribution >= 0.6 is 15.9 Å². The van der Waals surface area contributed by atoms with Gasteiger partial charge in [-0.2, -0.15) is 0 Å². The van der Waals surface area contributed by atoms with Gasteiger partial charge in [0.15, 0.2) is 0 Å². The van der Waals surface area contributed by atoms with E-state index in [0.717, 1.165) is 10.2 Å². The van der Waals surface area contributed by atoms with Crippen LogP contribution in [0.3, 0.4) is 0 Å². The molecule has 0 saturated carbocycles. The number of rotatable bonds is 2. The summed E-state index contributed by atoms with van der Waals surface area (Å²) in [5.41, 5.74) is 3.53. The van der Waals surface area contributed by atoms with Crippen LogP contribution in [-0.4, -0.2) is 10.5 Å². The Kier molecular flexibility index (Phi) is 3.07. The predicted octanol–water partition coefficient (Wildman–Crippen LogP) is 1.84. The number of nitrogens with two attached hydrogens (primary N) is 1. The molecule has 0 atom stereocenters. The Balaban J connectivity index is 2.44. The van der Waals surface area contributed by atoms with Gasteiger partial charge in [0.2, 0.25) is 0 Å². The van der Waals surface area contributed by atoms with Crippen LogP contribution in [0.4, 0.5) is 0 Å². The number of hydrogen-bond donors (Lipinski definition) is 2. The normalized spacial score (nSPS) is 10.1. The topological polar surface area (TPSA) is 60.0 Å². The molecule has 0 aliphatic carbocycles. The van der Waals surface area contributed by atoms with Crippen molar-refractivity contribution in [3.8, 4) is 5.69 Å². The van der Waals surface area contributed by atoms with Gasteiger partial charge in [-0.05, 0) is 36.4 Å². The van der Waals surface area contributed by atoms with E-state index in [9.17, 15) is 4.79 Å². The molecule has 0 saturated heterocycles. The molecular weight excluding hydrogens is 270 g/mol. The van der Waals surface area contributed by atoms with Crippen LogP contribution in [0.2, 0.25) is 0 Å². The van der Waals surface area contributed by atoms with Crippen molar-refractivity contribution in [1.82, 2.24) is 9.99 Å². The number of carbonyl (C=O) groups excluding carboxylic acids is 1. The smallest absolute Gasteiger partial charge is 0.282 e. The number of benzene rings is 1. The molecule has 16 heavy (non-hydrogen) atoms. The van der Waals surface area contributed by atoms with Gasteiger partial charge in [0.1, 0.15) is 5.69 Å². The molecular formula is C11H10BrN3O. The number of hydrazine groups is 1. The van der Waals surface area contributed by atoms with Gasteiger partial charge in [-0.15, -0.1) is 0 Å². The maximum atomic E-state index is 11.5. The summed E-state index contributed by atoms with van der Waals surface area (Å²) >= 11 is 3.36. The molecule has 5 heteroatoms. The van der Waals surface area contributed by atoms with Crippen molar-refractivity contribution in [2.45, 2.75) is 0 Å². The number of amides is 1. The molecule has 1 heterocycles. The lowest BCUT2D eigenvalue weighted by molar-refractivity contribution is 0.0947. The van der Waals surface area contributed by atoms with Gasteiger partial charge in [-0.25, -0.2) is 5.84 Å². The van der Waals surface area contributed by atoms with Crippen LogP contribution in [0.1, 0.15) is 10.5 Å². The quantitative estimate of drug-likeness (QED) is 0.501. The molecule has 1 amide bonds. The molecule has 0 bridgehead atoms. The van der Waals surface area contributed by atoms with E-state index >= 15 is 0 Å². The Hall–Kier alpha value is -1.59. The zero-order valence-corrected chi connectivity index (χ0v) is 9.94. The fraction of sp³-hybridized carbons (Fsp3) is 0. The zero-order valence-electron chi connectivity index (χ0n) is 8.35. The third kappa shape index (κ3) is 2.00. The molecule has 0 spiro atoms. The van der Waals surface area contributed by atoms with Crippen molar-refractivity contribution in [3.63, 3.8) is 0 Å². The average Bonchev–Trinajstić information content (AvgIpc) is 2.78. The second kappa shape index (κ2) is 4.51.